The third kappa shape index (κ3) is 2.61. The maximum Gasteiger partial charge on any atom is 0.00350 e. The van der Waals surface area contributed by atoms with Crippen LogP contribution in [0.5, 0.6) is 0 Å². The molecule has 0 aliphatic heterocycles. The first-order valence-corrected chi connectivity index (χ1v) is 12.0. The van der Waals surface area contributed by atoms with Crippen LogP contribution in [0.25, 0.3) is 10.5 Å². The molecule has 0 unspecified atom stereocenters. The molecule has 2 aliphatic carbocycles. The van der Waals surface area contributed by atoms with Crippen LogP contribution in [0.3, 0.4) is 0 Å². The van der Waals surface area contributed by atoms with Crippen LogP contribution in [0.4, 0.5) is 0 Å². The van der Waals surface area contributed by atoms with Gasteiger partial charge in [0.25, 0.3) is 0 Å². The van der Waals surface area contributed by atoms with E-state index in [-0.39, 0.29) is 0 Å². The molecule has 5 rings (SSSR count). The van der Waals surface area contributed by atoms with Gasteiger partial charge in [-0.2, -0.15) is 10.0 Å². The van der Waals surface area contributed by atoms with Crippen molar-refractivity contribution in [3.05, 3.63) is 118 Å². The Morgan fingerprint density at radius 2 is 1.30 bits per heavy atom. The van der Waals surface area contributed by atoms with Gasteiger partial charge in [-0.05, 0) is 62.1 Å². The third-order valence-corrected chi connectivity index (χ3v) is 9.00. The summed E-state index contributed by atoms with van der Waals surface area (Å²) >= 11 is 0. The van der Waals surface area contributed by atoms with Gasteiger partial charge in [-0.3, -0.25) is 0 Å². The SMILES string of the molecule is CS(C)(C1=CCc2ccccc21)C1=C(c2ccccc2)c2ccccc2C1. The molecule has 3 aromatic rings. The molecule has 0 bridgehead atoms. The van der Waals surface area contributed by atoms with Gasteiger partial charge in [-0.25, -0.2) is 0 Å². The van der Waals surface area contributed by atoms with E-state index < -0.39 is 10.0 Å². The molecule has 0 aromatic heterocycles. The van der Waals surface area contributed by atoms with Crippen molar-refractivity contribution in [3.63, 3.8) is 0 Å². The molecule has 3 aromatic carbocycles. The summed E-state index contributed by atoms with van der Waals surface area (Å²) in [5.74, 6) is 0. The number of benzene rings is 3. The molecule has 1 heteroatoms. The maximum absolute atomic E-state index is 2.49. The Hall–Kier alpha value is -2.51. The van der Waals surface area contributed by atoms with E-state index in [1.165, 1.54) is 33.4 Å². The van der Waals surface area contributed by atoms with Gasteiger partial charge >= 0.3 is 0 Å². The third-order valence-electron chi connectivity index (χ3n) is 5.93. The van der Waals surface area contributed by atoms with Crippen molar-refractivity contribution in [2.24, 2.45) is 0 Å². The maximum atomic E-state index is 2.49. The van der Waals surface area contributed by atoms with Crippen LogP contribution in [-0.4, -0.2) is 12.5 Å². The fourth-order valence-electron chi connectivity index (χ4n) is 4.55. The van der Waals surface area contributed by atoms with Gasteiger partial charge in [-0.15, -0.1) is 0 Å². The van der Waals surface area contributed by atoms with Gasteiger partial charge < -0.3 is 0 Å². The Labute approximate surface area is 163 Å². The topological polar surface area (TPSA) is 0 Å². The lowest BCUT2D eigenvalue weighted by molar-refractivity contribution is 1.29. The van der Waals surface area contributed by atoms with E-state index in [1.54, 1.807) is 9.81 Å². The predicted octanol–water partition coefficient (Wildman–Crippen LogP) is 6.66. The molecular formula is C26H24S. The second-order valence-corrected chi connectivity index (χ2v) is 11.3. The Morgan fingerprint density at radius 1 is 0.667 bits per heavy atom. The highest BCUT2D eigenvalue weighted by molar-refractivity contribution is 8.43. The van der Waals surface area contributed by atoms with Crippen LogP contribution in [0.2, 0.25) is 0 Å². The summed E-state index contributed by atoms with van der Waals surface area (Å²) < 4.78 is 0. The number of hydrogen-bond acceptors (Lipinski definition) is 0. The number of fused-ring (bicyclic) bond motifs is 2. The monoisotopic (exact) mass is 368 g/mol. The highest BCUT2D eigenvalue weighted by atomic mass is 32.3. The molecule has 0 heterocycles. The summed E-state index contributed by atoms with van der Waals surface area (Å²) in [6, 6.07) is 28.9. The summed E-state index contributed by atoms with van der Waals surface area (Å²) in [5, 5.41) is 0. The highest BCUT2D eigenvalue weighted by Crippen LogP contribution is 2.66. The van der Waals surface area contributed by atoms with Crippen LogP contribution < -0.4 is 0 Å². The zero-order valence-electron chi connectivity index (χ0n) is 15.9. The van der Waals surface area contributed by atoms with Gasteiger partial charge in [0.1, 0.15) is 0 Å². The number of rotatable bonds is 3. The van der Waals surface area contributed by atoms with E-state index >= 15 is 0 Å². The quantitative estimate of drug-likeness (QED) is 0.485. The normalized spacial score (nSPS) is 16.1. The zero-order valence-corrected chi connectivity index (χ0v) is 16.7. The molecule has 0 fully saturated rings. The Kier molecular flexibility index (Phi) is 3.87. The molecule has 0 amide bonds. The van der Waals surface area contributed by atoms with Crippen LogP contribution in [0, 0.1) is 0 Å². The van der Waals surface area contributed by atoms with Crippen molar-refractivity contribution < 1.29 is 0 Å². The lowest BCUT2D eigenvalue weighted by atomic mass is 9.99. The highest BCUT2D eigenvalue weighted by Gasteiger charge is 2.34. The van der Waals surface area contributed by atoms with Crippen molar-refractivity contribution >= 4 is 20.5 Å². The standard InChI is InChI=1S/C26H24S/c1-27(2,24-17-16-19-10-6-8-14-22(19)24)25-18-21-13-7-9-15-23(21)26(25)20-11-4-3-5-12-20/h3-15,17H,16,18H2,1-2H3. The van der Waals surface area contributed by atoms with E-state index in [1.807, 2.05) is 0 Å². The number of allylic oxidation sites excluding steroid dienone is 2. The minimum atomic E-state index is -1.08. The van der Waals surface area contributed by atoms with Gasteiger partial charge in [0.05, 0.1) is 0 Å². The zero-order chi connectivity index (χ0) is 18.4. The van der Waals surface area contributed by atoms with Crippen LogP contribution >= 0.6 is 10.0 Å². The largest absolute Gasteiger partial charge is 0.196 e. The predicted molar refractivity (Wildman–Crippen MR) is 120 cm³/mol. The van der Waals surface area contributed by atoms with E-state index in [4.69, 9.17) is 0 Å². The van der Waals surface area contributed by atoms with Crippen molar-refractivity contribution in [3.8, 4) is 0 Å². The second-order valence-electron chi connectivity index (χ2n) is 7.75. The lowest BCUT2D eigenvalue weighted by Gasteiger charge is -2.36. The van der Waals surface area contributed by atoms with Crippen LogP contribution in [0.1, 0.15) is 27.8 Å². The first kappa shape index (κ1) is 16.6. The van der Waals surface area contributed by atoms with Crippen LogP contribution in [0.15, 0.2) is 89.8 Å². The fourth-order valence-corrected chi connectivity index (χ4v) is 7.32. The Bertz CT molecular complexity index is 1080. The minimum Gasteiger partial charge on any atom is -0.196 e. The molecule has 0 saturated carbocycles. The van der Waals surface area contributed by atoms with Gasteiger partial charge in [-0.1, -0.05) is 84.9 Å². The summed E-state index contributed by atoms with van der Waals surface area (Å²) in [6.45, 7) is 0. The summed E-state index contributed by atoms with van der Waals surface area (Å²) in [4.78, 5) is 3.19. The molecule has 0 radical (unpaired) electrons. The van der Waals surface area contributed by atoms with Gasteiger partial charge in [0, 0.05) is 6.42 Å². The summed E-state index contributed by atoms with van der Waals surface area (Å²) in [5.41, 5.74) is 8.66. The van der Waals surface area contributed by atoms with E-state index in [0.717, 1.165) is 12.8 Å². The molecule has 134 valence electrons. The second kappa shape index (κ2) is 6.28. The Morgan fingerprint density at radius 3 is 2.07 bits per heavy atom. The average molecular weight is 369 g/mol. The molecule has 0 saturated heterocycles. The van der Waals surface area contributed by atoms with E-state index in [0.29, 0.717) is 0 Å². The molecule has 27 heavy (non-hydrogen) atoms. The smallest absolute Gasteiger partial charge is 0.00350 e. The van der Waals surface area contributed by atoms with E-state index in [9.17, 15) is 0 Å². The van der Waals surface area contributed by atoms with Crippen molar-refractivity contribution in [1.82, 2.24) is 0 Å². The van der Waals surface area contributed by atoms with Crippen molar-refractivity contribution in [1.29, 1.82) is 0 Å². The Balaban J connectivity index is 1.71. The summed E-state index contributed by atoms with van der Waals surface area (Å²) in [7, 11) is -1.08. The van der Waals surface area contributed by atoms with Crippen molar-refractivity contribution in [2.45, 2.75) is 12.8 Å². The fraction of sp³-hybridized carbons (Fsp3) is 0.154. The van der Waals surface area contributed by atoms with Crippen molar-refractivity contribution in [2.75, 3.05) is 12.5 Å². The van der Waals surface area contributed by atoms with Gasteiger partial charge in [0.15, 0.2) is 0 Å². The minimum absolute atomic E-state index is 1.07. The molecule has 0 spiro atoms. The molecule has 0 atom stereocenters. The molecule has 0 N–H and O–H groups in total. The van der Waals surface area contributed by atoms with Crippen LogP contribution in [-0.2, 0) is 12.8 Å². The number of hydrogen-bond donors (Lipinski definition) is 0. The first-order chi connectivity index (χ1) is 13.2. The molecule has 0 nitrogen and oxygen atoms in total. The average Bonchev–Trinajstić information content (AvgIpc) is 3.31. The lowest BCUT2D eigenvalue weighted by Crippen LogP contribution is -2.04. The molecule has 2 aliphatic rings. The summed E-state index contributed by atoms with van der Waals surface area (Å²) in [6.07, 6.45) is 9.61. The van der Waals surface area contributed by atoms with Gasteiger partial charge in [0.2, 0.25) is 0 Å². The first-order valence-electron chi connectivity index (χ1n) is 9.55. The van der Waals surface area contributed by atoms with E-state index in [2.05, 4.69) is 97.5 Å². The molecular weight excluding hydrogens is 344 g/mol.